The van der Waals surface area contributed by atoms with Gasteiger partial charge in [-0.15, -0.1) is 0 Å². The van der Waals surface area contributed by atoms with E-state index in [2.05, 4.69) is 15.3 Å². The van der Waals surface area contributed by atoms with Crippen LogP contribution in [0.1, 0.15) is 0 Å². The zero-order valence-corrected chi connectivity index (χ0v) is 10.8. The summed E-state index contributed by atoms with van der Waals surface area (Å²) in [6.45, 7) is 1.47. The van der Waals surface area contributed by atoms with Crippen molar-refractivity contribution in [2.24, 2.45) is 0 Å². The number of nitrogens with one attached hydrogen (secondary N) is 2. The molecule has 1 saturated heterocycles. The first-order valence-corrected chi connectivity index (χ1v) is 6.73. The number of rotatable bonds is 3. The quantitative estimate of drug-likeness (QED) is 0.772. The number of aliphatic hydroxyl groups is 1. The number of hydrogen-bond acceptors (Lipinski definition) is 5. The predicted molar refractivity (Wildman–Crippen MR) is 71.2 cm³/mol. The van der Waals surface area contributed by atoms with Gasteiger partial charge in [0, 0.05) is 19.2 Å². The van der Waals surface area contributed by atoms with Crippen LogP contribution >= 0.6 is 11.8 Å². The Morgan fingerprint density at radius 3 is 3.06 bits per heavy atom. The molecule has 96 valence electrons. The van der Waals surface area contributed by atoms with Gasteiger partial charge in [0.05, 0.1) is 29.5 Å². The number of hydrogen-bond donors (Lipinski definition) is 3. The number of imidazole rings is 1. The SMILES string of the molecule is COc1ccc2nc(S[C@H]3CNC[C@@H]3O)[nH]c2c1. The average Bonchev–Trinajstić information content (AvgIpc) is 2.95. The maximum absolute atomic E-state index is 9.76. The van der Waals surface area contributed by atoms with Crippen molar-refractivity contribution in [3.05, 3.63) is 18.2 Å². The molecule has 0 saturated carbocycles. The topological polar surface area (TPSA) is 70.2 Å². The monoisotopic (exact) mass is 265 g/mol. The van der Waals surface area contributed by atoms with Gasteiger partial charge in [-0.2, -0.15) is 0 Å². The van der Waals surface area contributed by atoms with Gasteiger partial charge in [-0.05, 0) is 12.1 Å². The minimum absolute atomic E-state index is 0.160. The Kier molecular flexibility index (Phi) is 3.15. The summed E-state index contributed by atoms with van der Waals surface area (Å²) >= 11 is 1.58. The highest BCUT2D eigenvalue weighted by Crippen LogP contribution is 2.28. The minimum Gasteiger partial charge on any atom is -0.497 e. The zero-order chi connectivity index (χ0) is 12.5. The first-order chi connectivity index (χ1) is 8.76. The van der Waals surface area contributed by atoms with E-state index in [0.29, 0.717) is 6.54 Å². The maximum atomic E-state index is 9.76. The largest absolute Gasteiger partial charge is 0.497 e. The van der Waals surface area contributed by atoms with Gasteiger partial charge < -0.3 is 20.1 Å². The molecule has 0 unspecified atom stereocenters. The van der Waals surface area contributed by atoms with E-state index < -0.39 is 0 Å². The van der Waals surface area contributed by atoms with E-state index in [1.54, 1.807) is 18.9 Å². The number of aliphatic hydroxyl groups excluding tert-OH is 1. The molecule has 1 aromatic heterocycles. The van der Waals surface area contributed by atoms with Crippen LogP contribution in [0.3, 0.4) is 0 Å². The van der Waals surface area contributed by atoms with Gasteiger partial charge >= 0.3 is 0 Å². The standard InChI is InChI=1S/C12H15N3O2S/c1-17-7-2-3-8-9(4-7)15-12(14-8)18-11-6-13-5-10(11)16/h2-4,10-11,13,16H,5-6H2,1H3,(H,14,15)/t10-,11-/m0/s1. The average molecular weight is 265 g/mol. The Labute approximate surface area is 109 Å². The smallest absolute Gasteiger partial charge is 0.166 e. The summed E-state index contributed by atoms with van der Waals surface area (Å²) in [6, 6.07) is 5.75. The fourth-order valence-electron chi connectivity index (χ4n) is 2.05. The highest BCUT2D eigenvalue weighted by molar-refractivity contribution is 7.99. The lowest BCUT2D eigenvalue weighted by Crippen LogP contribution is -2.20. The number of fused-ring (bicyclic) bond motifs is 1. The number of H-pyrrole nitrogens is 1. The number of thioether (sulfide) groups is 1. The van der Waals surface area contributed by atoms with Crippen molar-refractivity contribution in [3.63, 3.8) is 0 Å². The number of aromatic amines is 1. The summed E-state index contributed by atoms with van der Waals surface area (Å²) in [5, 5.41) is 13.9. The van der Waals surface area contributed by atoms with Crippen molar-refractivity contribution in [1.29, 1.82) is 0 Å². The molecule has 0 radical (unpaired) electrons. The van der Waals surface area contributed by atoms with Crippen LogP contribution in [0.25, 0.3) is 11.0 Å². The van der Waals surface area contributed by atoms with Gasteiger partial charge in [-0.3, -0.25) is 0 Å². The van der Waals surface area contributed by atoms with Crippen molar-refractivity contribution in [1.82, 2.24) is 15.3 Å². The van der Waals surface area contributed by atoms with Crippen LogP contribution in [-0.4, -0.2) is 46.6 Å². The molecule has 1 aliphatic rings. The Morgan fingerprint density at radius 2 is 2.33 bits per heavy atom. The van der Waals surface area contributed by atoms with Crippen molar-refractivity contribution >= 4 is 22.8 Å². The molecule has 0 bridgehead atoms. The summed E-state index contributed by atoms with van der Waals surface area (Å²) in [6.07, 6.45) is -0.308. The molecule has 0 amide bonds. The van der Waals surface area contributed by atoms with Gasteiger partial charge in [0.2, 0.25) is 0 Å². The normalized spacial score (nSPS) is 23.7. The molecule has 3 N–H and O–H groups in total. The molecule has 2 atom stereocenters. The summed E-state index contributed by atoms with van der Waals surface area (Å²) in [5.41, 5.74) is 1.87. The zero-order valence-electron chi connectivity index (χ0n) is 10.0. The number of ether oxygens (including phenoxy) is 1. The molecule has 5 nitrogen and oxygen atoms in total. The molecule has 2 aromatic rings. The highest BCUT2D eigenvalue weighted by Gasteiger charge is 2.26. The van der Waals surface area contributed by atoms with Gasteiger partial charge in [0.1, 0.15) is 5.75 Å². The number of nitrogens with zero attached hydrogens (tertiary/aromatic N) is 1. The Bertz CT molecular complexity index is 557. The summed E-state index contributed by atoms with van der Waals surface area (Å²) in [7, 11) is 1.65. The van der Waals surface area contributed by atoms with E-state index in [-0.39, 0.29) is 11.4 Å². The van der Waals surface area contributed by atoms with E-state index in [1.165, 1.54) is 0 Å². The highest BCUT2D eigenvalue weighted by atomic mass is 32.2. The summed E-state index contributed by atoms with van der Waals surface area (Å²) in [5.74, 6) is 0.810. The van der Waals surface area contributed by atoms with Crippen molar-refractivity contribution in [2.75, 3.05) is 20.2 Å². The van der Waals surface area contributed by atoms with Gasteiger partial charge in [0.15, 0.2) is 5.16 Å². The minimum atomic E-state index is -0.308. The molecule has 1 aromatic carbocycles. The number of aromatic nitrogens is 2. The second-order valence-corrected chi connectivity index (χ2v) is 5.53. The van der Waals surface area contributed by atoms with Crippen molar-refractivity contribution < 1.29 is 9.84 Å². The van der Waals surface area contributed by atoms with Gasteiger partial charge in [0.25, 0.3) is 0 Å². The first-order valence-electron chi connectivity index (χ1n) is 5.85. The molecule has 18 heavy (non-hydrogen) atoms. The Hall–Kier alpha value is -1.24. The molecular weight excluding hydrogens is 250 g/mol. The third kappa shape index (κ3) is 2.19. The van der Waals surface area contributed by atoms with Crippen LogP contribution in [0.15, 0.2) is 23.4 Å². The molecule has 1 aliphatic heterocycles. The number of benzene rings is 1. The number of β-amino-alcohol motifs (C(OH)–C–C–N with tert-alkyl or cyclic N) is 1. The van der Waals surface area contributed by atoms with Crippen LogP contribution in [0.2, 0.25) is 0 Å². The van der Waals surface area contributed by atoms with Crippen LogP contribution < -0.4 is 10.1 Å². The summed E-state index contributed by atoms with van der Waals surface area (Å²) in [4.78, 5) is 7.75. The molecule has 3 rings (SSSR count). The number of methoxy groups -OCH3 is 1. The molecule has 6 heteroatoms. The Balaban J connectivity index is 1.84. The second-order valence-electron chi connectivity index (χ2n) is 4.31. The van der Waals surface area contributed by atoms with E-state index >= 15 is 0 Å². The molecule has 0 aliphatic carbocycles. The molecule has 0 spiro atoms. The lowest BCUT2D eigenvalue weighted by atomic mass is 10.3. The van der Waals surface area contributed by atoms with Crippen molar-refractivity contribution in [3.8, 4) is 5.75 Å². The molecule has 2 heterocycles. The van der Waals surface area contributed by atoms with E-state index in [9.17, 15) is 5.11 Å². The van der Waals surface area contributed by atoms with E-state index in [4.69, 9.17) is 4.74 Å². The van der Waals surface area contributed by atoms with Crippen molar-refractivity contribution in [2.45, 2.75) is 16.5 Å². The third-order valence-electron chi connectivity index (χ3n) is 3.06. The lowest BCUT2D eigenvalue weighted by Gasteiger charge is -2.09. The second kappa shape index (κ2) is 4.79. The Morgan fingerprint density at radius 1 is 1.44 bits per heavy atom. The molecule has 1 fully saturated rings. The fourth-order valence-corrected chi connectivity index (χ4v) is 3.11. The van der Waals surface area contributed by atoms with Gasteiger partial charge in [-0.1, -0.05) is 11.8 Å². The van der Waals surface area contributed by atoms with Gasteiger partial charge in [-0.25, -0.2) is 4.98 Å². The lowest BCUT2D eigenvalue weighted by molar-refractivity contribution is 0.201. The maximum Gasteiger partial charge on any atom is 0.166 e. The van der Waals surface area contributed by atoms with Crippen LogP contribution in [0.5, 0.6) is 5.75 Å². The third-order valence-corrected chi connectivity index (χ3v) is 4.26. The van der Waals surface area contributed by atoms with E-state index in [0.717, 1.165) is 28.5 Å². The fraction of sp³-hybridized carbons (Fsp3) is 0.417. The summed E-state index contributed by atoms with van der Waals surface area (Å²) < 4.78 is 5.18. The predicted octanol–water partition coefficient (Wildman–Crippen LogP) is 0.996. The van der Waals surface area contributed by atoms with Crippen LogP contribution in [-0.2, 0) is 0 Å². The first kappa shape index (κ1) is 11.8. The molecular formula is C12H15N3O2S. The van der Waals surface area contributed by atoms with Crippen LogP contribution in [0, 0.1) is 0 Å². The van der Waals surface area contributed by atoms with Crippen LogP contribution in [0.4, 0.5) is 0 Å². The van der Waals surface area contributed by atoms with E-state index in [1.807, 2.05) is 18.2 Å².